The Morgan fingerprint density at radius 2 is 1.77 bits per heavy atom. The van der Waals surface area contributed by atoms with Crippen LogP contribution in [0, 0.1) is 0 Å². The van der Waals surface area contributed by atoms with Crippen LogP contribution in [-0.2, 0) is 6.42 Å². The molecular formula is C13H12. The highest BCUT2D eigenvalue weighted by Gasteiger charge is 1.96. The lowest BCUT2D eigenvalue weighted by atomic mass is 10.0. The summed E-state index contributed by atoms with van der Waals surface area (Å²) in [4.78, 5) is 0. The third kappa shape index (κ3) is 1.48. The Labute approximate surface area is 78.5 Å². The lowest BCUT2D eigenvalue weighted by molar-refractivity contribution is 1.31. The van der Waals surface area contributed by atoms with Crippen molar-refractivity contribution in [3.05, 3.63) is 60.7 Å². The lowest BCUT2D eigenvalue weighted by Crippen LogP contribution is -1.82. The van der Waals surface area contributed by atoms with Crippen LogP contribution in [0.4, 0.5) is 0 Å². The minimum Gasteiger partial charge on any atom is -0.103 e. The number of hydrogen-bond acceptors (Lipinski definition) is 0. The van der Waals surface area contributed by atoms with E-state index in [1.807, 2.05) is 6.08 Å². The second-order valence-electron chi connectivity index (χ2n) is 3.13. The lowest BCUT2D eigenvalue weighted by Gasteiger charge is -2.02. The summed E-state index contributed by atoms with van der Waals surface area (Å²) in [5, 5.41) is 2.65. The standard InChI is InChI=1S/C13H12/c1-2-6-11-8-5-9-12-7-3-4-10-13(11)12/h2-5,7-10H,1,6H2. The molecule has 13 heavy (non-hydrogen) atoms. The first-order valence-electron chi connectivity index (χ1n) is 4.49. The molecule has 2 rings (SSSR count). The SMILES string of the molecule is C=CCc1cccc2ccccc12. The summed E-state index contributed by atoms with van der Waals surface area (Å²) >= 11 is 0. The van der Waals surface area contributed by atoms with Gasteiger partial charge in [-0.25, -0.2) is 0 Å². The van der Waals surface area contributed by atoms with E-state index in [0.717, 1.165) is 6.42 Å². The number of fused-ring (bicyclic) bond motifs is 1. The Kier molecular flexibility index (Phi) is 2.13. The third-order valence-corrected chi connectivity index (χ3v) is 2.24. The average molecular weight is 168 g/mol. The summed E-state index contributed by atoms with van der Waals surface area (Å²) in [5.41, 5.74) is 1.35. The first kappa shape index (κ1) is 8.06. The summed E-state index contributed by atoms with van der Waals surface area (Å²) in [5.74, 6) is 0. The minimum absolute atomic E-state index is 0.946. The van der Waals surface area contributed by atoms with E-state index >= 15 is 0 Å². The molecule has 0 aliphatic rings. The zero-order valence-electron chi connectivity index (χ0n) is 7.53. The van der Waals surface area contributed by atoms with Gasteiger partial charge in [-0.05, 0) is 22.8 Å². The highest BCUT2D eigenvalue weighted by molar-refractivity contribution is 5.85. The second-order valence-corrected chi connectivity index (χ2v) is 3.13. The molecule has 0 fully saturated rings. The zero-order chi connectivity index (χ0) is 9.10. The van der Waals surface area contributed by atoms with E-state index in [-0.39, 0.29) is 0 Å². The van der Waals surface area contributed by atoms with Gasteiger partial charge in [-0.1, -0.05) is 48.5 Å². The normalized spacial score (nSPS) is 10.2. The monoisotopic (exact) mass is 168 g/mol. The zero-order valence-corrected chi connectivity index (χ0v) is 7.53. The van der Waals surface area contributed by atoms with E-state index in [9.17, 15) is 0 Å². The molecule has 0 aliphatic heterocycles. The van der Waals surface area contributed by atoms with E-state index in [1.54, 1.807) is 0 Å². The molecule has 2 aromatic rings. The van der Waals surface area contributed by atoms with Gasteiger partial charge in [0.15, 0.2) is 0 Å². The van der Waals surface area contributed by atoms with Crippen LogP contribution < -0.4 is 0 Å². The Hall–Kier alpha value is -1.56. The quantitative estimate of drug-likeness (QED) is 0.601. The average Bonchev–Trinajstić information content (AvgIpc) is 2.19. The van der Waals surface area contributed by atoms with Gasteiger partial charge < -0.3 is 0 Å². The van der Waals surface area contributed by atoms with Crippen LogP contribution in [0.15, 0.2) is 55.1 Å². The van der Waals surface area contributed by atoms with Crippen LogP contribution in [0.25, 0.3) is 10.8 Å². The van der Waals surface area contributed by atoms with Gasteiger partial charge in [0.1, 0.15) is 0 Å². The Morgan fingerprint density at radius 1 is 1.00 bits per heavy atom. The molecule has 0 unspecified atom stereocenters. The first-order chi connectivity index (χ1) is 6.42. The third-order valence-electron chi connectivity index (χ3n) is 2.24. The van der Waals surface area contributed by atoms with Crippen LogP contribution in [0.5, 0.6) is 0 Å². The Balaban J connectivity index is 2.68. The Bertz CT molecular complexity index is 421. The van der Waals surface area contributed by atoms with Gasteiger partial charge in [0, 0.05) is 0 Å². The highest BCUT2D eigenvalue weighted by Crippen LogP contribution is 2.18. The fraction of sp³-hybridized carbons (Fsp3) is 0.0769. The van der Waals surface area contributed by atoms with Gasteiger partial charge >= 0.3 is 0 Å². The van der Waals surface area contributed by atoms with Crippen molar-refractivity contribution in [2.45, 2.75) is 6.42 Å². The van der Waals surface area contributed by atoms with E-state index in [2.05, 4.69) is 49.0 Å². The maximum atomic E-state index is 3.76. The predicted molar refractivity (Wildman–Crippen MR) is 57.8 cm³/mol. The second kappa shape index (κ2) is 3.44. The molecule has 0 amide bonds. The largest absolute Gasteiger partial charge is 0.103 e. The highest BCUT2D eigenvalue weighted by atomic mass is 14.0. The smallest absolute Gasteiger partial charge is 0.00940 e. The maximum Gasteiger partial charge on any atom is -0.00940 e. The van der Waals surface area contributed by atoms with Crippen molar-refractivity contribution in [3.8, 4) is 0 Å². The first-order valence-corrected chi connectivity index (χ1v) is 4.49. The van der Waals surface area contributed by atoms with Crippen LogP contribution >= 0.6 is 0 Å². The number of rotatable bonds is 2. The number of allylic oxidation sites excluding steroid dienone is 1. The molecule has 0 atom stereocenters. The van der Waals surface area contributed by atoms with Crippen LogP contribution in [0.3, 0.4) is 0 Å². The minimum atomic E-state index is 0.946. The van der Waals surface area contributed by atoms with Crippen molar-refractivity contribution >= 4 is 10.8 Å². The van der Waals surface area contributed by atoms with Crippen molar-refractivity contribution in [1.82, 2.24) is 0 Å². The summed E-state index contributed by atoms with van der Waals surface area (Å²) in [6.07, 6.45) is 2.89. The maximum absolute atomic E-state index is 3.76. The topological polar surface area (TPSA) is 0 Å². The molecule has 0 heteroatoms. The molecule has 0 nitrogen and oxygen atoms in total. The summed E-state index contributed by atoms with van der Waals surface area (Å²) in [6.45, 7) is 3.76. The van der Waals surface area contributed by atoms with Gasteiger partial charge in [-0.3, -0.25) is 0 Å². The molecule has 0 aliphatic carbocycles. The van der Waals surface area contributed by atoms with Crippen molar-refractivity contribution in [2.24, 2.45) is 0 Å². The van der Waals surface area contributed by atoms with E-state index in [0.29, 0.717) is 0 Å². The number of benzene rings is 2. The van der Waals surface area contributed by atoms with Gasteiger partial charge in [0.2, 0.25) is 0 Å². The summed E-state index contributed by atoms with van der Waals surface area (Å²) in [7, 11) is 0. The summed E-state index contributed by atoms with van der Waals surface area (Å²) in [6, 6.07) is 14.8. The molecular weight excluding hydrogens is 156 g/mol. The molecule has 0 saturated heterocycles. The molecule has 0 saturated carbocycles. The summed E-state index contributed by atoms with van der Waals surface area (Å²) < 4.78 is 0. The van der Waals surface area contributed by atoms with E-state index < -0.39 is 0 Å². The van der Waals surface area contributed by atoms with Gasteiger partial charge in [-0.2, -0.15) is 0 Å². The molecule has 0 N–H and O–H groups in total. The molecule has 0 heterocycles. The van der Waals surface area contributed by atoms with Crippen molar-refractivity contribution in [2.75, 3.05) is 0 Å². The van der Waals surface area contributed by atoms with Gasteiger partial charge in [-0.15, -0.1) is 6.58 Å². The van der Waals surface area contributed by atoms with Gasteiger partial charge in [0.25, 0.3) is 0 Å². The predicted octanol–water partition coefficient (Wildman–Crippen LogP) is 3.57. The van der Waals surface area contributed by atoms with Gasteiger partial charge in [0.05, 0.1) is 0 Å². The van der Waals surface area contributed by atoms with E-state index in [4.69, 9.17) is 0 Å². The molecule has 0 bridgehead atoms. The van der Waals surface area contributed by atoms with Crippen molar-refractivity contribution in [3.63, 3.8) is 0 Å². The van der Waals surface area contributed by atoms with Crippen LogP contribution in [0.1, 0.15) is 5.56 Å². The van der Waals surface area contributed by atoms with Crippen molar-refractivity contribution < 1.29 is 0 Å². The van der Waals surface area contributed by atoms with Crippen LogP contribution in [-0.4, -0.2) is 0 Å². The molecule has 64 valence electrons. The Morgan fingerprint density at radius 3 is 2.62 bits per heavy atom. The number of hydrogen-bond donors (Lipinski definition) is 0. The fourth-order valence-electron chi connectivity index (χ4n) is 1.63. The molecule has 0 aromatic heterocycles. The molecule has 0 radical (unpaired) electrons. The van der Waals surface area contributed by atoms with E-state index in [1.165, 1.54) is 16.3 Å². The van der Waals surface area contributed by atoms with Crippen LogP contribution in [0.2, 0.25) is 0 Å². The molecule has 0 spiro atoms. The van der Waals surface area contributed by atoms with Crippen molar-refractivity contribution in [1.29, 1.82) is 0 Å². The molecule has 2 aromatic carbocycles. The fourth-order valence-corrected chi connectivity index (χ4v) is 1.63.